The Bertz CT molecular complexity index is 1480. The van der Waals surface area contributed by atoms with E-state index < -0.39 is 60.2 Å². The molecule has 0 fully saturated rings. The Morgan fingerprint density at radius 1 is 0.909 bits per heavy atom. The highest BCUT2D eigenvalue weighted by Gasteiger charge is 2.32. The van der Waals surface area contributed by atoms with E-state index in [0.29, 0.717) is 17.7 Å². The van der Waals surface area contributed by atoms with Crippen LogP contribution in [0.15, 0.2) is 48.0 Å². The van der Waals surface area contributed by atoms with Crippen LogP contribution < -0.4 is 33.2 Å². The average Bonchev–Trinajstić information content (AvgIpc) is 3.63. The van der Waals surface area contributed by atoms with Crippen LogP contribution in [0.5, 0.6) is 0 Å². The van der Waals surface area contributed by atoms with E-state index in [1.54, 1.807) is 12.3 Å². The van der Waals surface area contributed by atoms with Crippen molar-refractivity contribution < 1.29 is 34.2 Å². The molecule has 4 unspecified atom stereocenters. The number of carbonyl (C=O) groups excluding carboxylic acids is 3. The van der Waals surface area contributed by atoms with Crippen molar-refractivity contribution in [3.8, 4) is 0 Å². The molecule has 0 aliphatic rings. The lowest BCUT2D eigenvalue weighted by molar-refractivity contribution is -0.143. The van der Waals surface area contributed by atoms with E-state index >= 15 is 0 Å². The van der Waals surface area contributed by atoms with Crippen molar-refractivity contribution in [2.24, 2.45) is 22.2 Å². The zero-order valence-corrected chi connectivity index (χ0v) is 23.7. The molecule has 3 aromatic rings. The van der Waals surface area contributed by atoms with E-state index in [2.05, 4.69) is 35.9 Å². The van der Waals surface area contributed by atoms with E-state index in [0.717, 1.165) is 10.9 Å². The molecule has 3 rings (SSSR count). The molecule has 13 N–H and O–H groups in total. The number of para-hydroxylation sites is 1. The predicted molar refractivity (Wildman–Crippen MR) is 158 cm³/mol. The van der Waals surface area contributed by atoms with Gasteiger partial charge in [0.05, 0.1) is 18.8 Å². The quantitative estimate of drug-likeness (QED) is 0.0455. The van der Waals surface area contributed by atoms with Crippen LogP contribution in [0.3, 0.4) is 0 Å². The maximum atomic E-state index is 13.4. The molecule has 17 nitrogen and oxygen atoms in total. The third kappa shape index (κ3) is 9.83. The minimum atomic E-state index is -1.60. The number of guanidine groups is 1. The lowest BCUT2D eigenvalue weighted by Gasteiger charge is -2.24. The molecule has 44 heavy (non-hydrogen) atoms. The van der Waals surface area contributed by atoms with Gasteiger partial charge in [-0.2, -0.15) is 0 Å². The Morgan fingerprint density at radius 2 is 1.59 bits per heavy atom. The zero-order chi connectivity index (χ0) is 32.2. The van der Waals surface area contributed by atoms with Gasteiger partial charge < -0.3 is 53.3 Å². The summed E-state index contributed by atoms with van der Waals surface area (Å²) in [5, 5.41) is 27.3. The van der Waals surface area contributed by atoms with Gasteiger partial charge in [-0.25, -0.2) is 9.78 Å². The number of aliphatic imine (C=N–C) groups is 1. The van der Waals surface area contributed by atoms with Crippen molar-refractivity contribution >= 4 is 46.5 Å². The van der Waals surface area contributed by atoms with Crippen molar-refractivity contribution in [1.82, 2.24) is 30.9 Å². The molecule has 0 saturated carbocycles. The Labute approximate surface area is 251 Å². The number of nitrogens with zero attached hydrogens (tertiary/aromatic N) is 2. The van der Waals surface area contributed by atoms with Gasteiger partial charge in [-0.15, -0.1) is 0 Å². The third-order valence-electron chi connectivity index (χ3n) is 6.64. The Kier molecular flexibility index (Phi) is 11.8. The number of fused-ring (bicyclic) bond motifs is 1. The summed E-state index contributed by atoms with van der Waals surface area (Å²) >= 11 is 0. The number of nitrogens with one attached hydrogen (secondary N) is 5. The van der Waals surface area contributed by atoms with Gasteiger partial charge >= 0.3 is 11.9 Å². The van der Waals surface area contributed by atoms with Gasteiger partial charge in [-0.05, 0) is 24.5 Å². The Hall–Kier alpha value is -5.45. The second kappa shape index (κ2) is 15.7. The number of nitrogens with two attached hydrogens (primary N) is 3. The number of rotatable bonds is 17. The molecule has 4 atom stereocenters. The molecule has 0 bridgehead atoms. The number of aliphatic carboxylic acids is 2. The Morgan fingerprint density at radius 3 is 2.25 bits per heavy atom. The molecule has 17 heteroatoms. The summed E-state index contributed by atoms with van der Waals surface area (Å²) in [7, 11) is 0. The number of hydrogen-bond donors (Lipinski definition) is 10. The molecule has 2 aromatic heterocycles. The number of imidazole rings is 1. The maximum Gasteiger partial charge on any atom is 0.326 e. The van der Waals surface area contributed by atoms with Gasteiger partial charge in [0.2, 0.25) is 17.7 Å². The van der Waals surface area contributed by atoms with Crippen molar-refractivity contribution in [2.75, 3.05) is 6.54 Å². The first-order valence-electron chi connectivity index (χ1n) is 13.6. The topological polar surface area (TPSA) is 297 Å². The number of benzene rings is 1. The van der Waals surface area contributed by atoms with E-state index in [4.69, 9.17) is 17.2 Å². The number of aromatic nitrogens is 3. The molecular weight excluding hydrogens is 576 g/mol. The minimum absolute atomic E-state index is 0.0609. The zero-order valence-electron chi connectivity index (χ0n) is 23.7. The SMILES string of the molecule is NC(N)=NCCCC(N)C(=O)NC(CC(=O)O)C(=O)NC(Cc1cnc[nH]1)C(=O)NC(Cc1c[nH]c2ccccc12)C(=O)O. The highest BCUT2D eigenvalue weighted by molar-refractivity contribution is 5.96. The number of carboxylic acid groups (broad SMARTS) is 2. The lowest BCUT2D eigenvalue weighted by Crippen LogP contribution is -2.58. The molecule has 236 valence electrons. The van der Waals surface area contributed by atoms with Crippen LogP contribution in [0.2, 0.25) is 0 Å². The molecule has 0 spiro atoms. The monoisotopic (exact) mass is 612 g/mol. The van der Waals surface area contributed by atoms with Crippen LogP contribution in [-0.2, 0) is 36.8 Å². The molecule has 0 aliphatic carbocycles. The van der Waals surface area contributed by atoms with Gasteiger partial charge in [-0.3, -0.25) is 24.2 Å². The van der Waals surface area contributed by atoms with Crippen molar-refractivity contribution in [3.63, 3.8) is 0 Å². The summed E-state index contributed by atoms with van der Waals surface area (Å²) < 4.78 is 0. The molecular formula is C27H36N10O7. The summed E-state index contributed by atoms with van der Waals surface area (Å²) in [6.07, 6.45) is 3.88. The molecule has 0 aliphatic heterocycles. The fourth-order valence-corrected chi connectivity index (χ4v) is 4.40. The van der Waals surface area contributed by atoms with Gasteiger partial charge in [0, 0.05) is 48.4 Å². The van der Waals surface area contributed by atoms with E-state index in [1.165, 1.54) is 12.5 Å². The van der Waals surface area contributed by atoms with Crippen LogP contribution in [0, 0.1) is 0 Å². The number of amides is 3. The number of hydrogen-bond acceptors (Lipinski definition) is 8. The Balaban J connectivity index is 1.74. The minimum Gasteiger partial charge on any atom is -0.481 e. The first-order valence-corrected chi connectivity index (χ1v) is 13.6. The van der Waals surface area contributed by atoms with E-state index in [9.17, 15) is 34.2 Å². The van der Waals surface area contributed by atoms with E-state index in [-0.39, 0.29) is 31.8 Å². The summed E-state index contributed by atoms with van der Waals surface area (Å²) in [5.41, 5.74) is 18.3. The smallest absolute Gasteiger partial charge is 0.326 e. The standard InChI is InChI=1S/C27H36N10O7/c28-17(5-3-7-32-27(29)30)23(40)35-20(10-22(38)39)25(42)36-19(9-15-12-31-13-34-15)24(41)37-21(26(43)44)8-14-11-33-18-6-2-1-4-16(14)18/h1-2,4,6,11-13,17,19-21,33H,3,5,7-10,28H2,(H,31,34)(H,35,40)(H,36,42)(H,37,41)(H,38,39)(H,43,44)(H4,29,30,32). The third-order valence-corrected chi connectivity index (χ3v) is 6.64. The number of aromatic amines is 2. The summed E-state index contributed by atoms with van der Waals surface area (Å²) in [5.74, 6) is -5.46. The van der Waals surface area contributed by atoms with Gasteiger partial charge in [0.25, 0.3) is 0 Å². The molecule has 0 saturated heterocycles. The lowest BCUT2D eigenvalue weighted by atomic mass is 10.0. The number of carbonyl (C=O) groups is 5. The normalized spacial score (nSPS) is 13.7. The second-order valence-corrected chi connectivity index (χ2v) is 10.0. The fourth-order valence-electron chi connectivity index (χ4n) is 4.40. The van der Waals surface area contributed by atoms with Crippen molar-refractivity contribution in [3.05, 3.63) is 54.2 Å². The molecule has 0 radical (unpaired) electrons. The van der Waals surface area contributed by atoms with Gasteiger partial charge in [0.15, 0.2) is 5.96 Å². The fraction of sp³-hybridized carbons (Fsp3) is 0.370. The highest BCUT2D eigenvalue weighted by Crippen LogP contribution is 2.19. The van der Waals surface area contributed by atoms with Crippen LogP contribution >= 0.6 is 0 Å². The van der Waals surface area contributed by atoms with Crippen LogP contribution in [0.25, 0.3) is 10.9 Å². The summed E-state index contributed by atoms with van der Waals surface area (Å²) in [4.78, 5) is 76.5. The summed E-state index contributed by atoms with van der Waals surface area (Å²) in [6, 6.07) is 1.84. The van der Waals surface area contributed by atoms with Crippen LogP contribution in [-0.4, -0.2) is 91.5 Å². The van der Waals surface area contributed by atoms with Crippen LogP contribution in [0.4, 0.5) is 0 Å². The van der Waals surface area contributed by atoms with Crippen LogP contribution in [0.1, 0.15) is 30.5 Å². The van der Waals surface area contributed by atoms with Crippen molar-refractivity contribution in [2.45, 2.75) is 56.3 Å². The second-order valence-electron chi connectivity index (χ2n) is 10.0. The average molecular weight is 613 g/mol. The van der Waals surface area contributed by atoms with Crippen molar-refractivity contribution in [1.29, 1.82) is 0 Å². The maximum absolute atomic E-state index is 13.4. The highest BCUT2D eigenvalue weighted by atomic mass is 16.4. The number of carboxylic acids is 2. The number of H-pyrrole nitrogens is 2. The largest absolute Gasteiger partial charge is 0.481 e. The molecule has 2 heterocycles. The first-order chi connectivity index (χ1) is 20.9. The van der Waals surface area contributed by atoms with E-state index in [1.807, 2.05) is 18.2 Å². The van der Waals surface area contributed by atoms with Gasteiger partial charge in [-0.1, -0.05) is 18.2 Å². The molecule has 1 aromatic carbocycles. The summed E-state index contributed by atoms with van der Waals surface area (Å²) in [6.45, 7) is 0.213. The first kappa shape index (κ1) is 33.1. The molecule has 3 amide bonds. The predicted octanol–water partition coefficient (Wildman–Crippen LogP) is -1.93. The van der Waals surface area contributed by atoms with Gasteiger partial charge in [0.1, 0.15) is 18.1 Å².